The standard InChI is InChI=1S/C15H32N2O2/c1-5-6-7-8-9-10-13(2)17-14(3)15(18)16-11-12-19-4/h13-14,17H,5-12H2,1-4H3,(H,16,18). The van der Waals surface area contributed by atoms with Crippen LogP contribution in [-0.4, -0.2) is 38.3 Å². The maximum atomic E-state index is 11.7. The first-order chi connectivity index (χ1) is 9.11. The van der Waals surface area contributed by atoms with Gasteiger partial charge < -0.3 is 15.4 Å². The van der Waals surface area contributed by atoms with Crippen LogP contribution >= 0.6 is 0 Å². The zero-order valence-corrected chi connectivity index (χ0v) is 13.1. The molecule has 0 bridgehead atoms. The third-order valence-corrected chi connectivity index (χ3v) is 3.27. The van der Waals surface area contributed by atoms with Crippen LogP contribution in [0.2, 0.25) is 0 Å². The molecule has 4 nitrogen and oxygen atoms in total. The molecule has 2 atom stereocenters. The van der Waals surface area contributed by atoms with Crippen molar-refractivity contribution in [3.63, 3.8) is 0 Å². The molecule has 0 aromatic carbocycles. The maximum Gasteiger partial charge on any atom is 0.236 e. The minimum atomic E-state index is -0.137. The molecular weight excluding hydrogens is 240 g/mol. The molecule has 2 N–H and O–H groups in total. The summed E-state index contributed by atoms with van der Waals surface area (Å²) in [5.41, 5.74) is 0. The largest absolute Gasteiger partial charge is 0.383 e. The van der Waals surface area contributed by atoms with Gasteiger partial charge >= 0.3 is 0 Å². The van der Waals surface area contributed by atoms with E-state index in [0.717, 1.165) is 6.42 Å². The molecule has 0 heterocycles. The first-order valence-corrected chi connectivity index (χ1v) is 7.64. The topological polar surface area (TPSA) is 50.4 Å². The van der Waals surface area contributed by atoms with E-state index in [1.165, 1.54) is 32.1 Å². The fourth-order valence-corrected chi connectivity index (χ4v) is 2.07. The number of carbonyl (C=O) groups excluding carboxylic acids is 1. The van der Waals surface area contributed by atoms with Gasteiger partial charge in [0, 0.05) is 19.7 Å². The van der Waals surface area contributed by atoms with Gasteiger partial charge in [-0.15, -0.1) is 0 Å². The van der Waals surface area contributed by atoms with Crippen molar-refractivity contribution in [2.45, 2.75) is 71.4 Å². The van der Waals surface area contributed by atoms with Gasteiger partial charge in [0.2, 0.25) is 5.91 Å². The highest BCUT2D eigenvalue weighted by Gasteiger charge is 2.14. The second kappa shape index (κ2) is 12.4. The Morgan fingerprint density at radius 1 is 1.16 bits per heavy atom. The van der Waals surface area contributed by atoms with E-state index in [1.807, 2.05) is 6.92 Å². The maximum absolute atomic E-state index is 11.7. The fourth-order valence-electron chi connectivity index (χ4n) is 2.07. The summed E-state index contributed by atoms with van der Waals surface area (Å²) in [6, 6.07) is 0.257. The Hall–Kier alpha value is -0.610. The molecule has 0 spiro atoms. The minimum absolute atomic E-state index is 0.0508. The molecule has 0 aromatic rings. The Kier molecular flexibility index (Phi) is 12.0. The van der Waals surface area contributed by atoms with Crippen LogP contribution < -0.4 is 10.6 Å². The highest BCUT2D eigenvalue weighted by Crippen LogP contribution is 2.07. The Morgan fingerprint density at radius 2 is 1.84 bits per heavy atom. The van der Waals surface area contributed by atoms with E-state index in [4.69, 9.17) is 4.74 Å². The summed E-state index contributed by atoms with van der Waals surface area (Å²) in [6.45, 7) is 7.43. The molecule has 0 saturated heterocycles. The quantitative estimate of drug-likeness (QED) is 0.537. The highest BCUT2D eigenvalue weighted by atomic mass is 16.5. The number of methoxy groups -OCH3 is 1. The monoisotopic (exact) mass is 272 g/mol. The van der Waals surface area contributed by atoms with Crippen molar-refractivity contribution in [1.82, 2.24) is 10.6 Å². The van der Waals surface area contributed by atoms with Crippen molar-refractivity contribution in [3.05, 3.63) is 0 Å². The molecule has 19 heavy (non-hydrogen) atoms. The molecule has 114 valence electrons. The van der Waals surface area contributed by atoms with Crippen LogP contribution in [0.1, 0.15) is 59.3 Å². The first-order valence-electron chi connectivity index (χ1n) is 7.64. The van der Waals surface area contributed by atoms with Crippen LogP contribution in [0.25, 0.3) is 0 Å². The zero-order valence-electron chi connectivity index (χ0n) is 13.1. The number of ether oxygens (including phenoxy) is 1. The van der Waals surface area contributed by atoms with E-state index in [0.29, 0.717) is 19.2 Å². The number of hydrogen-bond acceptors (Lipinski definition) is 3. The lowest BCUT2D eigenvalue weighted by molar-refractivity contribution is -0.123. The van der Waals surface area contributed by atoms with Gasteiger partial charge in [-0.1, -0.05) is 39.0 Å². The number of nitrogens with one attached hydrogen (secondary N) is 2. The molecule has 0 aliphatic rings. The van der Waals surface area contributed by atoms with Crippen LogP contribution in [0.4, 0.5) is 0 Å². The van der Waals surface area contributed by atoms with Crippen molar-refractivity contribution < 1.29 is 9.53 Å². The molecule has 0 rings (SSSR count). The predicted octanol–water partition coefficient (Wildman–Crippen LogP) is 2.48. The Bertz CT molecular complexity index is 222. The van der Waals surface area contributed by atoms with E-state index in [2.05, 4.69) is 24.5 Å². The first kappa shape index (κ1) is 18.4. The molecule has 0 fully saturated rings. The molecule has 0 radical (unpaired) electrons. The van der Waals surface area contributed by atoms with E-state index < -0.39 is 0 Å². The number of carbonyl (C=O) groups is 1. The van der Waals surface area contributed by atoms with Gasteiger partial charge in [0.25, 0.3) is 0 Å². The van der Waals surface area contributed by atoms with Gasteiger partial charge in [-0.2, -0.15) is 0 Å². The summed E-state index contributed by atoms with van der Waals surface area (Å²) in [7, 11) is 1.63. The van der Waals surface area contributed by atoms with E-state index in [1.54, 1.807) is 7.11 Å². The Morgan fingerprint density at radius 3 is 2.47 bits per heavy atom. The van der Waals surface area contributed by atoms with E-state index in [-0.39, 0.29) is 11.9 Å². The SMILES string of the molecule is CCCCCCCC(C)NC(C)C(=O)NCCOC. The molecule has 2 unspecified atom stereocenters. The van der Waals surface area contributed by atoms with Crippen LogP contribution in [0, 0.1) is 0 Å². The van der Waals surface area contributed by atoms with Gasteiger partial charge in [0.15, 0.2) is 0 Å². The average Bonchev–Trinajstić information content (AvgIpc) is 2.38. The van der Waals surface area contributed by atoms with Gasteiger partial charge in [-0.25, -0.2) is 0 Å². The molecule has 1 amide bonds. The van der Waals surface area contributed by atoms with E-state index >= 15 is 0 Å². The summed E-state index contributed by atoms with van der Waals surface area (Å²) in [6.07, 6.45) is 7.63. The third kappa shape index (κ3) is 11.0. The molecule has 0 aliphatic heterocycles. The second-order valence-corrected chi connectivity index (χ2v) is 5.28. The zero-order chi connectivity index (χ0) is 14.5. The molecule has 0 saturated carbocycles. The molecule has 0 aliphatic carbocycles. The smallest absolute Gasteiger partial charge is 0.236 e. The summed E-state index contributed by atoms with van der Waals surface area (Å²) >= 11 is 0. The summed E-state index contributed by atoms with van der Waals surface area (Å²) in [5, 5.41) is 6.19. The fraction of sp³-hybridized carbons (Fsp3) is 0.933. The Labute approximate surface area is 118 Å². The molecular formula is C15H32N2O2. The lowest BCUT2D eigenvalue weighted by atomic mass is 10.1. The normalized spacial score (nSPS) is 14.1. The van der Waals surface area contributed by atoms with Crippen molar-refractivity contribution in [3.8, 4) is 0 Å². The van der Waals surface area contributed by atoms with Crippen molar-refractivity contribution >= 4 is 5.91 Å². The van der Waals surface area contributed by atoms with Crippen LogP contribution in [0.5, 0.6) is 0 Å². The predicted molar refractivity (Wildman–Crippen MR) is 80.3 cm³/mol. The second-order valence-electron chi connectivity index (χ2n) is 5.28. The minimum Gasteiger partial charge on any atom is -0.383 e. The van der Waals surface area contributed by atoms with Gasteiger partial charge in [0.1, 0.15) is 0 Å². The molecule has 0 aromatic heterocycles. The van der Waals surface area contributed by atoms with Crippen LogP contribution in [-0.2, 0) is 9.53 Å². The van der Waals surface area contributed by atoms with Crippen molar-refractivity contribution in [2.75, 3.05) is 20.3 Å². The number of unbranched alkanes of at least 4 members (excludes halogenated alkanes) is 4. The number of amides is 1. The number of rotatable bonds is 12. The van der Waals surface area contributed by atoms with Crippen molar-refractivity contribution in [1.29, 1.82) is 0 Å². The lowest BCUT2D eigenvalue weighted by Crippen LogP contribution is -2.46. The highest BCUT2D eigenvalue weighted by molar-refractivity contribution is 5.81. The van der Waals surface area contributed by atoms with Crippen LogP contribution in [0.3, 0.4) is 0 Å². The van der Waals surface area contributed by atoms with Crippen molar-refractivity contribution in [2.24, 2.45) is 0 Å². The lowest BCUT2D eigenvalue weighted by Gasteiger charge is -2.19. The van der Waals surface area contributed by atoms with Gasteiger partial charge in [0.05, 0.1) is 12.6 Å². The summed E-state index contributed by atoms with van der Waals surface area (Å²) in [4.78, 5) is 11.7. The number of hydrogen-bond donors (Lipinski definition) is 2. The van der Waals surface area contributed by atoms with Gasteiger partial charge in [-0.05, 0) is 20.3 Å². The molecule has 4 heteroatoms. The average molecular weight is 272 g/mol. The third-order valence-electron chi connectivity index (χ3n) is 3.27. The Balaban J connectivity index is 3.61. The summed E-state index contributed by atoms with van der Waals surface area (Å²) < 4.78 is 4.90. The summed E-state index contributed by atoms with van der Waals surface area (Å²) in [5.74, 6) is 0.0508. The van der Waals surface area contributed by atoms with Crippen LogP contribution in [0.15, 0.2) is 0 Å². The van der Waals surface area contributed by atoms with E-state index in [9.17, 15) is 4.79 Å². The van der Waals surface area contributed by atoms with Gasteiger partial charge in [-0.3, -0.25) is 4.79 Å².